The van der Waals surface area contributed by atoms with Crippen molar-refractivity contribution in [2.24, 2.45) is 0 Å². The number of amides is 1. The number of hydrogen-bond donors (Lipinski definition) is 1. The molecule has 2 aliphatic heterocycles. The lowest BCUT2D eigenvalue weighted by molar-refractivity contribution is -0.116. The van der Waals surface area contributed by atoms with Crippen molar-refractivity contribution in [2.45, 2.75) is 38.1 Å². The van der Waals surface area contributed by atoms with Gasteiger partial charge in [0.05, 0.1) is 0 Å². The number of carbonyl (C=O) groups excluding carboxylic acids is 1. The number of nitrogens with zero attached hydrogens (tertiary/aromatic N) is 1. The summed E-state index contributed by atoms with van der Waals surface area (Å²) in [6, 6.07) is 13.1. The largest absolute Gasteiger partial charge is 0.492 e. The summed E-state index contributed by atoms with van der Waals surface area (Å²) in [5, 5.41) is 2.95. The van der Waals surface area contributed by atoms with Crippen molar-refractivity contribution >= 4 is 11.6 Å². The first-order chi connectivity index (χ1) is 13.2. The van der Waals surface area contributed by atoms with Crippen molar-refractivity contribution in [3.63, 3.8) is 0 Å². The number of anilines is 1. The zero-order valence-corrected chi connectivity index (χ0v) is 15.4. The molecule has 1 saturated heterocycles. The van der Waals surface area contributed by atoms with Gasteiger partial charge in [-0.2, -0.15) is 0 Å². The predicted molar refractivity (Wildman–Crippen MR) is 103 cm³/mol. The second-order valence-corrected chi connectivity index (χ2v) is 7.32. The van der Waals surface area contributed by atoms with E-state index in [1.807, 2.05) is 24.3 Å². The number of likely N-dealkylation sites (tertiary alicyclic amines) is 1. The van der Waals surface area contributed by atoms with E-state index in [4.69, 9.17) is 4.74 Å². The standard InChI is InChI=1S/C22H25FN2O2/c23-18-6-1-5-17(14-18)21-7-3-11-25(21)12-13-27-19-9-10-20-16(15-19)4-2-8-22(26)24-20/h1,5-6,9-10,14-15,21H,2-4,7-8,11-13H2,(H,24,26). The van der Waals surface area contributed by atoms with Crippen LogP contribution in [-0.4, -0.2) is 30.5 Å². The minimum absolute atomic E-state index is 0.0832. The van der Waals surface area contributed by atoms with Gasteiger partial charge in [-0.15, -0.1) is 0 Å². The Morgan fingerprint density at radius 2 is 2.07 bits per heavy atom. The van der Waals surface area contributed by atoms with Crippen LogP contribution in [0, 0.1) is 5.82 Å². The van der Waals surface area contributed by atoms with Crippen LogP contribution in [0.4, 0.5) is 10.1 Å². The van der Waals surface area contributed by atoms with Gasteiger partial charge in [0.2, 0.25) is 5.91 Å². The number of aryl methyl sites for hydroxylation is 1. The minimum Gasteiger partial charge on any atom is -0.492 e. The fourth-order valence-corrected chi connectivity index (χ4v) is 4.11. The van der Waals surface area contributed by atoms with E-state index >= 15 is 0 Å². The molecule has 0 radical (unpaired) electrons. The van der Waals surface area contributed by atoms with Gasteiger partial charge >= 0.3 is 0 Å². The molecule has 27 heavy (non-hydrogen) atoms. The van der Waals surface area contributed by atoms with Crippen LogP contribution < -0.4 is 10.1 Å². The quantitative estimate of drug-likeness (QED) is 0.855. The number of halogens is 1. The fourth-order valence-electron chi connectivity index (χ4n) is 4.11. The summed E-state index contributed by atoms with van der Waals surface area (Å²) in [4.78, 5) is 14.0. The smallest absolute Gasteiger partial charge is 0.224 e. The van der Waals surface area contributed by atoms with Gasteiger partial charge in [-0.25, -0.2) is 4.39 Å². The Morgan fingerprint density at radius 1 is 1.15 bits per heavy atom. The van der Waals surface area contributed by atoms with E-state index < -0.39 is 0 Å². The summed E-state index contributed by atoms with van der Waals surface area (Å²) >= 11 is 0. The lowest BCUT2D eigenvalue weighted by Crippen LogP contribution is -2.28. The van der Waals surface area contributed by atoms with Gasteiger partial charge in [0, 0.05) is 24.7 Å². The van der Waals surface area contributed by atoms with E-state index in [2.05, 4.69) is 10.2 Å². The second-order valence-electron chi connectivity index (χ2n) is 7.32. The molecule has 1 N–H and O–H groups in total. The van der Waals surface area contributed by atoms with Gasteiger partial charge in [0.1, 0.15) is 18.2 Å². The summed E-state index contributed by atoms with van der Waals surface area (Å²) < 4.78 is 19.5. The first kappa shape index (κ1) is 18.0. The normalized spacial score (nSPS) is 20.0. The van der Waals surface area contributed by atoms with E-state index in [0.717, 1.165) is 61.3 Å². The van der Waals surface area contributed by atoms with Crippen LogP contribution in [0.5, 0.6) is 5.75 Å². The lowest BCUT2D eigenvalue weighted by Gasteiger charge is -2.25. The number of benzene rings is 2. The molecule has 1 unspecified atom stereocenters. The van der Waals surface area contributed by atoms with Crippen LogP contribution in [0.1, 0.15) is 42.9 Å². The lowest BCUT2D eigenvalue weighted by atomic mass is 10.0. The molecule has 0 saturated carbocycles. The Balaban J connectivity index is 1.35. The van der Waals surface area contributed by atoms with E-state index in [-0.39, 0.29) is 17.8 Å². The Morgan fingerprint density at radius 3 is 2.96 bits per heavy atom. The molecule has 5 heteroatoms. The van der Waals surface area contributed by atoms with Crippen LogP contribution in [0.15, 0.2) is 42.5 Å². The molecule has 0 aliphatic carbocycles. The van der Waals surface area contributed by atoms with E-state index in [1.165, 1.54) is 6.07 Å². The summed E-state index contributed by atoms with van der Waals surface area (Å²) in [5.41, 5.74) is 3.08. The molecule has 142 valence electrons. The van der Waals surface area contributed by atoms with Crippen molar-refractivity contribution in [3.8, 4) is 5.75 Å². The zero-order valence-electron chi connectivity index (χ0n) is 15.4. The van der Waals surface area contributed by atoms with E-state index in [1.54, 1.807) is 12.1 Å². The minimum atomic E-state index is -0.173. The molecule has 2 aromatic carbocycles. The number of ether oxygens (including phenoxy) is 1. The summed E-state index contributed by atoms with van der Waals surface area (Å²) in [6.07, 6.45) is 4.51. The maximum atomic E-state index is 13.5. The van der Waals surface area contributed by atoms with Crippen molar-refractivity contribution in [2.75, 3.05) is 25.0 Å². The Bertz CT molecular complexity index is 824. The van der Waals surface area contributed by atoms with Gasteiger partial charge in [-0.1, -0.05) is 12.1 Å². The highest BCUT2D eigenvalue weighted by Crippen LogP contribution is 2.32. The van der Waals surface area contributed by atoms with Gasteiger partial charge in [-0.3, -0.25) is 9.69 Å². The zero-order chi connectivity index (χ0) is 18.6. The van der Waals surface area contributed by atoms with Crippen molar-refractivity contribution in [3.05, 3.63) is 59.4 Å². The molecule has 4 nitrogen and oxygen atoms in total. The van der Waals surface area contributed by atoms with Crippen molar-refractivity contribution in [1.82, 2.24) is 4.90 Å². The molecule has 1 atom stereocenters. The Kier molecular flexibility index (Phi) is 5.39. The first-order valence-electron chi connectivity index (χ1n) is 9.74. The molecule has 0 bridgehead atoms. The topological polar surface area (TPSA) is 41.6 Å². The molecular formula is C22H25FN2O2. The summed E-state index contributed by atoms with van der Waals surface area (Å²) in [7, 11) is 0. The van der Waals surface area contributed by atoms with Crippen molar-refractivity contribution < 1.29 is 13.9 Å². The molecule has 0 spiro atoms. The van der Waals surface area contributed by atoms with Crippen LogP contribution in [0.3, 0.4) is 0 Å². The molecule has 0 aromatic heterocycles. The maximum Gasteiger partial charge on any atom is 0.224 e. The summed E-state index contributed by atoms with van der Waals surface area (Å²) in [6.45, 7) is 2.42. The molecule has 2 aromatic rings. The van der Waals surface area contributed by atoms with Crippen LogP contribution in [-0.2, 0) is 11.2 Å². The summed E-state index contributed by atoms with van der Waals surface area (Å²) in [5.74, 6) is 0.749. The number of fused-ring (bicyclic) bond motifs is 1. The molecule has 2 heterocycles. The van der Waals surface area contributed by atoms with Crippen LogP contribution in [0.2, 0.25) is 0 Å². The van der Waals surface area contributed by atoms with Gasteiger partial charge in [-0.05, 0) is 73.7 Å². The number of carbonyl (C=O) groups is 1. The maximum absolute atomic E-state index is 13.5. The highest BCUT2D eigenvalue weighted by atomic mass is 19.1. The molecule has 1 amide bonds. The third kappa shape index (κ3) is 4.30. The third-order valence-electron chi connectivity index (χ3n) is 5.45. The molecule has 2 aliphatic rings. The van der Waals surface area contributed by atoms with E-state index in [9.17, 15) is 9.18 Å². The fraction of sp³-hybridized carbons (Fsp3) is 0.409. The highest BCUT2D eigenvalue weighted by molar-refractivity contribution is 5.92. The average molecular weight is 368 g/mol. The van der Waals surface area contributed by atoms with Gasteiger partial charge in [0.15, 0.2) is 0 Å². The second kappa shape index (κ2) is 8.09. The highest BCUT2D eigenvalue weighted by Gasteiger charge is 2.26. The van der Waals surface area contributed by atoms with Crippen LogP contribution >= 0.6 is 0 Å². The Labute approximate surface area is 159 Å². The number of hydrogen-bond acceptors (Lipinski definition) is 3. The first-order valence-corrected chi connectivity index (χ1v) is 9.74. The molecule has 4 rings (SSSR count). The van der Waals surface area contributed by atoms with E-state index in [0.29, 0.717) is 13.0 Å². The third-order valence-corrected chi connectivity index (χ3v) is 5.45. The van der Waals surface area contributed by atoms with Gasteiger partial charge < -0.3 is 10.1 Å². The predicted octanol–water partition coefficient (Wildman–Crippen LogP) is 4.32. The Hall–Kier alpha value is -2.40. The van der Waals surface area contributed by atoms with Crippen molar-refractivity contribution in [1.29, 1.82) is 0 Å². The SMILES string of the molecule is O=C1CCCc2cc(OCCN3CCCC3c3cccc(F)c3)ccc2N1. The monoisotopic (exact) mass is 368 g/mol. The molecular weight excluding hydrogens is 343 g/mol. The number of rotatable bonds is 5. The average Bonchev–Trinajstić information content (AvgIpc) is 3.04. The number of nitrogens with one attached hydrogen (secondary N) is 1. The molecule has 1 fully saturated rings. The van der Waals surface area contributed by atoms with Gasteiger partial charge in [0.25, 0.3) is 0 Å². The van der Waals surface area contributed by atoms with Crippen LogP contribution in [0.25, 0.3) is 0 Å².